The molecule has 0 radical (unpaired) electrons. The van der Waals surface area contributed by atoms with Crippen LogP contribution in [-0.4, -0.2) is 6.61 Å². The molecule has 0 amide bonds. The lowest BCUT2D eigenvalue weighted by atomic mass is 9.68. The molecule has 1 aromatic carbocycles. The maximum atomic E-state index is 12.3. The standard InChI is InChI=1S/C23H34F2O/c1-2-3-4-17-5-7-18(8-6-17)19-9-11-20(12-10-19)21-13-15-22(16-14-21)26-23(24)25/h13-20,23H,2-12H2,1H3. The first kappa shape index (κ1) is 19.6. The summed E-state index contributed by atoms with van der Waals surface area (Å²) in [6.07, 6.45) is 15.2. The molecule has 2 aliphatic carbocycles. The number of hydrogen-bond donors (Lipinski definition) is 0. The van der Waals surface area contributed by atoms with Gasteiger partial charge in [0.15, 0.2) is 0 Å². The van der Waals surface area contributed by atoms with Gasteiger partial charge in [0.25, 0.3) is 0 Å². The first-order valence-electron chi connectivity index (χ1n) is 10.7. The normalized spacial score (nSPS) is 29.7. The minimum Gasteiger partial charge on any atom is -0.435 e. The van der Waals surface area contributed by atoms with Crippen molar-refractivity contribution in [3.05, 3.63) is 29.8 Å². The van der Waals surface area contributed by atoms with Crippen molar-refractivity contribution in [1.82, 2.24) is 0 Å². The molecule has 0 spiro atoms. The van der Waals surface area contributed by atoms with Gasteiger partial charge in [0.05, 0.1) is 0 Å². The van der Waals surface area contributed by atoms with Gasteiger partial charge in [-0.15, -0.1) is 0 Å². The van der Waals surface area contributed by atoms with Gasteiger partial charge in [-0.05, 0) is 79.9 Å². The lowest BCUT2D eigenvalue weighted by Crippen LogP contribution is -2.25. The van der Waals surface area contributed by atoms with E-state index in [9.17, 15) is 8.78 Å². The lowest BCUT2D eigenvalue weighted by Gasteiger charge is -2.38. The first-order valence-corrected chi connectivity index (χ1v) is 10.7. The van der Waals surface area contributed by atoms with Crippen LogP contribution in [0.15, 0.2) is 24.3 Å². The van der Waals surface area contributed by atoms with Crippen molar-refractivity contribution in [3.8, 4) is 5.75 Å². The summed E-state index contributed by atoms with van der Waals surface area (Å²) in [5.74, 6) is 3.72. The van der Waals surface area contributed by atoms with E-state index in [0.717, 1.165) is 17.8 Å². The largest absolute Gasteiger partial charge is 0.435 e. The van der Waals surface area contributed by atoms with Crippen molar-refractivity contribution >= 4 is 0 Å². The highest BCUT2D eigenvalue weighted by Crippen LogP contribution is 2.44. The van der Waals surface area contributed by atoms with Crippen LogP contribution in [0, 0.1) is 17.8 Å². The van der Waals surface area contributed by atoms with Gasteiger partial charge in [-0.2, -0.15) is 8.78 Å². The Balaban J connectivity index is 1.43. The molecular formula is C23H34F2O. The topological polar surface area (TPSA) is 9.23 Å². The Hall–Kier alpha value is -1.12. The summed E-state index contributed by atoms with van der Waals surface area (Å²) in [4.78, 5) is 0. The molecule has 0 saturated heterocycles. The van der Waals surface area contributed by atoms with E-state index in [1.165, 1.54) is 76.2 Å². The van der Waals surface area contributed by atoms with E-state index in [1.54, 1.807) is 12.1 Å². The molecule has 0 heterocycles. The second-order valence-corrected chi connectivity index (χ2v) is 8.48. The third-order valence-corrected chi connectivity index (χ3v) is 6.87. The Labute approximate surface area is 157 Å². The molecule has 146 valence electrons. The molecule has 26 heavy (non-hydrogen) atoms. The van der Waals surface area contributed by atoms with Crippen LogP contribution in [0.2, 0.25) is 0 Å². The second kappa shape index (κ2) is 9.71. The number of alkyl halides is 2. The van der Waals surface area contributed by atoms with Crippen LogP contribution in [0.1, 0.15) is 89.0 Å². The SMILES string of the molecule is CCCCC1CCC(C2CCC(c3ccc(OC(F)F)cc3)CC2)CC1. The Bertz CT molecular complexity index is 512. The maximum Gasteiger partial charge on any atom is 0.387 e. The molecule has 2 saturated carbocycles. The molecule has 3 heteroatoms. The lowest BCUT2D eigenvalue weighted by molar-refractivity contribution is -0.0498. The van der Waals surface area contributed by atoms with Crippen LogP contribution in [-0.2, 0) is 0 Å². The molecule has 0 bridgehead atoms. The van der Waals surface area contributed by atoms with Crippen LogP contribution in [0.5, 0.6) is 5.75 Å². The summed E-state index contributed by atoms with van der Waals surface area (Å²) >= 11 is 0. The molecule has 2 fully saturated rings. The van der Waals surface area contributed by atoms with E-state index < -0.39 is 6.61 Å². The second-order valence-electron chi connectivity index (χ2n) is 8.48. The molecule has 1 aromatic rings. The summed E-state index contributed by atoms with van der Waals surface area (Å²) in [5, 5.41) is 0. The van der Waals surface area contributed by atoms with Crippen LogP contribution < -0.4 is 4.74 Å². The van der Waals surface area contributed by atoms with Gasteiger partial charge < -0.3 is 4.74 Å². The average molecular weight is 365 g/mol. The van der Waals surface area contributed by atoms with E-state index in [0.29, 0.717) is 5.92 Å². The Morgan fingerprint density at radius 1 is 0.885 bits per heavy atom. The zero-order valence-corrected chi connectivity index (χ0v) is 16.1. The number of benzene rings is 1. The summed E-state index contributed by atoms with van der Waals surface area (Å²) in [6.45, 7) is -0.447. The molecule has 0 atom stereocenters. The van der Waals surface area contributed by atoms with Crippen molar-refractivity contribution in [2.45, 2.75) is 90.1 Å². The molecule has 0 N–H and O–H groups in total. The van der Waals surface area contributed by atoms with E-state index in [1.807, 2.05) is 12.1 Å². The highest BCUT2D eigenvalue weighted by molar-refractivity contribution is 5.29. The van der Waals surface area contributed by atoms with Gasteiger partial charge in [0.1, 0.15) is 5.75 Å². The predicted molar refractivity (Wildman–Crippen MR) is 103 cm³/mol. The van der Waals surface area contributed by atoms with Gasteiger partial charge in [0.2, 0.25) is 0 Å². The Morgan fingerprint density at radius 2 is 1.46 bits per heavy atom. The fourth-order valence-corrected chi connectivity index (χ4v) is 5.29. The quantitative estimate of drug-likeness (QED) is 0.485. The molecule has 0 aromatic heterocycles. The fraction of sp³-hybridized carbons (Fsp3) is 0.739. The number of unbranched alkanes of at least 4 members (excludes halogenated alkanes) is 1. The molecular weight excluding hydrogens is 330 g/mol. The number of halogens is 2. The maximum absolute atomic E-state index is 12.3. The van der Waals surface area contributed by atoms with Crippen molar-refractivity contribution in [2.75, 3.05) is 0 Å². The minimum absolute atomic E-state index is 0.261. The minimum atomic E-state index is -2.74. The molecule has 0 aliphatic heterocycles. The van der Waals surface area contributed by atoms with E-state index in [2.05, 4.69) is 11.7 Å². The monoisotopic (exact) mass is 364 g/mol. The summed E-state index contributed by atoms with van der Waals surface area (Å²) < 4.78 is 29.0. The predicted octanol–water partition coefficient (Wildman–Crippen LogP) is 7.56. The van der Waals surface area contributed by atoms with Crippen molar-refractivity contribution in [1.29, 1.82) is 0 Å². The van der Waals surface area contributed by atoms with Crippen LogP contribution in [0.4, 0.5) is 8.78 Å². The van der Waals surface area contributed by atoms with Gasteiger partial charge in [-0.3, -0.25) is 0 Å². The summed E-state index contributed by atoms with van der Waals surface area (Å²) in [7, 11) is 0. The molecule has 1 nitrogen and oxygen atoms in total. The van der Waals surface area contributed by atoms with Gasteiger partial charge in [-0.1, -0.05) is 51.2 Å². The molecule has 3 rings (SSSR count). The third-order valence-electron chi connectivity index (χ3n) is 6.87. The third kappa shape index (κ3) is 5.44. The van der Waals surface area contributed by atoms with Crippen LogP contribution in [0.3, 0.4) is 0 Å². The first-order chi connectivity index (χ1) is 12.7. The van der Waals surface area contributed by atoms with Gasteiger partial charge in [0, 0.05) is 0 Å². The zero-order valence-electron chi connectivity index (χ0n) is 16.1. The van der Waals surface area contributed by atoms with Crippen molar-refractivity contribution in [2.24, 2.45) is 17.8 Å². The van der Waals surface area contributed by atoms with Gasteiger partial charge in [-0.25, -0.2) is 0 Å². The van der Waals surface area contributed by atoms with Crippen LogP contribution >= 0.6 is 0 Å². The fourth-order valence-electron chi connectivity index (χ4n) is 5.29. The van der Waals surface area contributed by atoms with Crippen molar-refractivity contribution < 1.29 is 13.5 Å². The number of rotatable bonds is 7. The zero-order chi connectivity index (χ0) is 18.4. The number of hydrogen-bond acceptors (Lipinski definition) is 1. The van der Waals surface area contributed by atoms with E-state index in [4.69, 9.17) is 0 Å². The summed E-state index contributed by atoms with van der Waals surface area (Å²) in [6, 6.07) is 7.32. The highest BCUT2D eigenvalue weighted by atomic mass is 19.3. The average Bonchev–Trinajstić information content (AvgIpc) is 2.67. The van der Waals surface area contributed by atoms with Crippen molar-refractivity contribution in [3.63, 3.8) is 0 Å². The molecule has 2 aliphatic rings. The van der Waals surface area contributed by atoms with E-state index >= 15 is 0 Å². The van der Waals surface area contributed by atoms with E-state index in [-0.39, 0.29) is 5.75 Å². The molecule has 0 unspecified atom stereocenters. The smallest absolute Gasteiger partial charge is 0.387 e. The number of ether oxygens (including phenoxy) is 1. The Kier molecular flexibility index (Phi) is 7.33. The Morgan fingerprint density at radius 3 is 2.00 bits per heavy atom. The highest BCUT2D eigenvalue weighted by Gasteiger charge is 2.31. The summed E-state index contributed by atoms with van der Waals surface area (Å²) in [5.41, 5.74) is 1.29. The van der Waals surface area contributed by atoms with Crippen LogP contribution in [0.25, 0.3) is 0 Å². The van der Waals surface area contributed by atoms with Gasteiger partial charge >= 0.3 is 6.61 Å².